The lowest BCUT2D eigenvalue weighted by Gasteiger charge is -2.13. The van der Waals surface area contributed by atoms with Crippen molar-refractivity contribution in [3.8, 4) is 11.6 Å². The van der Waals surface area contributed by atoms with Crippen LogP contribution in [0.2, 0.25) is 0 Å². The summed E-state index contributed by atoms with van der Waals surface area (Å²) in [5, 5.41) is 10.8. The van der Waals surface area contributed by atoms with Crippen LogP contribution in [0.25, 0.3) is 5.82 Å². The van der Waals surface area contributed by atoms with Crippen LogP contribution in [-0.2, 0) is 11.3 Å². The number of benzene rings is 1. The van der Waals surface area contributed by atoms with Crippen LogP contribution in [0.3, 0.4) is 0 Å². The molecule has 2 N–H and O–H groups in total. The zero-order chi connectivity index (χ0) is 20.3. The summed E-state index contributed by atoms with van der Waals surface area (Å²) in [5.74, 6) is 2.24. The first kappa shape index (κ1) is 23.6. The van der Waals surface area contributed by atoms with Crippen molar-refractivity contribution < 1.29 is 9.47 Å². The second-order valence-corrected chi connectivity index (χ2v) is 6.25. The summed E-state index contributed by atoms with van der Waals surface area (Å²) < 4.78 is 12.5. The van der Waals surface area contributed by atoms with E-state index in [4.69, 9.17) is 9.47 Å². The quantitative estimate of drug-likeness (QED) is 0.194. The average Bonchev–Trinajstić information content (AvgIpc) is 3.30. The van der Waals surface area contributed by atoms with Gasteiger partial charge >= 0.3 is 0 Å². The van der Waals surface area contributed by atoms with Crippen molar-refractivity contribution in [2.24, 2.45) is 4.99 Å². The lowest BCUT2D eigenvalue weighted by Crippen LogP contribution is -2.30. The largest absolute Gasteiger partial charge is 0.493 e. The molecule has 0 saturated carbocycles. The van der Waals surface area contributed by atoms with E-state index in [2.05, 4.69) is 25.7 Å². The highest BCUT2D eigenvalue weighted by Crippen LogP contribution is 2.17. The number of aliphatic imine (C=N–C) groups is 1. The fraction of sp³-hybridized carbons (Fsp3) is 0.286. The van der Waals surface area contributed by atoms with Crippen molar-refractivity contribution >= 4 is 35.6 Å². The second kappa shape index (κ2) is 12.8. The van der Waals surface area contributed by atoms with Crippen molar-refractivity contribution in [2.75, 3.05) is 32.7 Å². The number of ether oxygens (including phenoxy) is 2. The maximum atomic E-state index is 5.75. The third kappa shape index (κ3) is 7.30. The van der Waals surface area contributed by atoms with Crippen LogP contribution in [-0.4, -0.2) is 48.1 Å². The van der Waals surface area contributed by atoms with E-state index in [1.165, 1.54) is 0 Å². The van der Waals surface area contributed by atoms with Crippen LogP contribution >= 0.6 is 24.0 Å². The monoisotopic (exact) mass is 522 g/mol. The van der Waals surface area contributed by atoms with E-state index in [0.29, 0.717) is 25.7 Å². The standard InChI is InChI=1S/C21H26N6O2.HI/c1-22-21(26-18-6-3-7-19(15-18)29-13-5-12-28-2)24-16-17-8-10-23-20(14-17)27-11-4-9-25-27;/h3-4,6-11,14-15H,5,12-13,16H2,1-2H3,(H2,22,24,26);1H. The molecule has 2 heterocycles. The molecular weight excluding hydrogens is 495 g/mol. The molecule has 0 aliphatic heterocycles. The van der Waals surface area contributed by atoms with Crippen molar-refractivity contribution in [3.63, 3.8) is 0 Å². The van der Waals surface area contributed by atoms with Gasteiger partial charge in [0.1, 0.15) is 5.75 Å². The minimum Gasteiger partial charge on any atom is -0.493 e. The van der Waals surface area contributed by atoms with Gasteiger partial charge in [0, 0.05) is 64.1 Å². The maximum absolute atomic E-state index is 5.75. The predicted octanol–water partition coefficient (Wildman–Crippen LogP) is 3.49. The molecule has 0 spiro atoms. The third-order valence-electron chi connectivity index (χ3n) is 4.09. The van der Waals surface area contributed by atoms with Gasteiger partial charge in [0.25, 0.3) is 0 Å². The molecule has 0 aliphatic carbocycles. The normalized spacial score (nSPS) is 10.9. The van der Waals surface area contributed by atoms with E-state index in [1.54, 1.807) is 31.2 Å². The Balaban J connectivity index is 0.00000320. The summed E-state index contributed by atoms with van der Waals surface area (Å²) in [4.78, 5) is 8.64. The molecule has 3 aromatic rings. The molecule has 0 amide bonds. The molecule has 0 bridgehead atoms. The van der Waals surface area contributed by atoms with Gasteiger partial charge < -0.3 is 20.1 Å². The number of hydrogen-bond acceptors (Lipinski definition) is 5. The van der Waals surface area contributed by atoms with Gasteiger partial charge in [0.2, 0.25) is 0 Å². The number of guanidine groups is 1. The van der Waals surface area contributed by atoms with Crippen molar-refractivity contribution in [1.29, 1.82) is 0 Å². The molecule has 160 valence electrons. The number of pyridine rings is 1. The highest BCUT2D eigenvalue weighted by atomic mass is 127. The summed E-state index contributed by atoms with van der Waals surface area (Å²) in [7, 11) is 3.43. The molecule has 8 nitrogen and oxygen atoms in total. The maximum Gasteiger partial charge on any atom is 0.195 e. The van der Waals surface area contributed by atoms with Crippen molar-refractivity contribution in [2.45, 2.75) is 13.0 Å². The van der Waals surface area contributed by atoms with Gasteiger partial charge in [-0.05, 0) is 35.9 Å². The minimum absolute atomic E-state index is 0. The third-order valence-corrected chi connectivity index (χ3v) is 4.09. The molecule has 0 saturated heterocycles. The molecule has 2 aromatic heterocycles. The predicted molar refractivity (Wildman–Crippen MR) is 129 cm³/mol. The van der Waals surface area contributed by atoms with Gasteiger partial charge in [-0.1, -0.05) is 6.07 Å². The van der Waals surface area contributed by atoms with Crippen LogP contribution in [0.15, 0.2) is 66.0 Å². The highest BCUT2D eigenvalue weighted by Gasteiger charge is 2.04. The summed E-state index contributed by atoms with van der Waals surface area (Å²) in [5.41, 5.74) is 1.97. The summed E-state index contributed by atoms with van der Waals surface area (Å²) in [6, 6.07) is 13.6. The van der Waals surface area contributed by atoms with Crippen LogP contribution in [0.5, 0.6) is 5.75 Å². The Morgan fingerprint density at radius 1 is 1.13 bits per heavy atom. The van der Waals surface area contributed by atoms with E-state index in [0.717, 1.165) is 29.2 Å². The van der Waals surface area contributed by atoms with E-state index in [-0.39, 0.29) is 24.0 Å². The second-order valence-electron chi connectivity index (χ2n) is 6.25. The number of anilines is 1. The fourth-order valence-electron chi connectivity index (χ4n) is 2.66. The van der Waals surface area contributed by atoms with Gasteiger partial charge in [-0.2, -0.15) is 5.10 Å². The van der Waals surface area contributed by atoms with Crippen LogP contribution in [0, 0.1) is 0 Å². The zero-order valence-corrected chi connectivity index (χ0v) is 19.4. The molecule has 0 atom stereocenters. The fourth-order valence-corrected chi connectivity index (χ4v) is 2.66. The molecule has 0 aliphatic rings. The first-order valence-electron chi connectivity index (χ1n) is 9.43. The zero-order valence-electron chi connectivity index (χ0n) is 17.1. The molecule has 3 rings (SSSR count). The SMILES string of the molecule is CN=C(NCc1ccnc(-n2cccn2)c1)Nc1cccc(OCCCOC)c1.I. The van der Waals surface area contributed by atoms with Gasteiger partial charge in [0.05, 0.1) is 6.61 Å². The number of nitrogens with zero attached hydrogens (tertiary/aromatic N) is 4. The Bertz CT molecular complexity index is 917. The van der Waals surface area contributed by atoms with Crippen LogP contribution < -0.4 is 15.4 Å². The minimum atomic E-state index is 0. The Kier molecular flexibility index (Phi) is 10.1. The topological polar surface area (TPSA) is 85.6 Å². The van der Waals surface area contributed by atoms with E-state index < -0.39 is 0 Å². The summed E-state index contributed by atoms with van der Waals surface area (Å²) in [6.07, 6.45) is 6.22. The molecule has 0 fully saturated rings. The molecule has 0 unspecified atom stereocenters. The number of halogens is 1. The molecule has 0 radical (unpaired) electrons. The first-order chi connectivity index (χ1) is 14.3. The average molecular weight is 522 g/mol. The number of rotatable bonds is 9. The van der Waals surface area contributed by atoms with Gasteiger partial charge in [0.15, 0.2) is 11.8 Å². The summed E-state index contributed by atoms with van der Waals surface area (Å²) >= 11 is 0. The van der Waals surface area contributed by atoms with E-state index in [9.17, 15) is 0 Å². The molecule has 1 aromatic carbocycles. The Morgan fingerprint density at radius 3 is 2.80 bits per heavy atom. The molecule has 9 heteroatoms. The smallest absolute Gasteiger partial charge is 0.195 e. The lowest BCUT2D eigenvalue weighted by molar-refractivity contribution is 0.172. The number of nitrogens with one attached hydrogen (secondary N) is 2. The van der Waals surface area contributed by atoms with Gasteiger partial charge in [-0.15, -0.1) is 24.0 Å². The molecular formula is C21H27IN6O2. The Morgan fingerprint density at radius 2 is 2.03 bits per heavy atom. The number of hydrogen-bond donors (Lipinski definition) is 2. The van der Waals surface area contributed by atoms with Crippen molar-refractivity contribution in [1.82, 2.24) is 20.1 Å². The van der Waals surface area contributed by atoms with E-state index in [1.807, 2.05) is 48.7 Å². The number of methoxy groups -OCH3 is 1. The Hall–Kier alpha value is -2.66. The highest BCUT2D eigenvalue weighted by molar-refractivity contribution is 14.0. The van der Waals surface area contributed by atoms with E-state index >= 15 is 0 Å². The first-order valence-corrected chi connectivity index (χ1v) is 9.43. The van der Waals surface area contributed by atoms with Gasteiger partial charge in [-0.25, -0.2) is 9.67 Å². The molecule has 30 heavy (non-hydrogen) atoms. The Labute approximate surface area is 193 Å². The van der Waals surface area contributed by atoms with Crippen LogP contribution in [0.4, 0.5) is 5.69 Å². The van der Waals surface area contributed by atoms with Gasteiger partial charge in [-0.3, -0.25) is 4.99 Å². The lowest BCUT2D eigenvalue weighted by atomic mass is 10.2. The van der Waals surface area contributed by atoms with Crippen LogP contribution in [0.1, 0.15) is 12.0 Å². The number of aromatic nitrogens is 3. The van der Waals surface area contributed by atoms with Crippen molar-refractivity contribution in [3.05, 3.63) is 66.6 Å². The summed E-state index contributed by atoms with van der Waals surface area (Å²) in [6.45, 7) is 1.90.